The minimum Gasteiger partial charge on any atom is -0.393 e. The highest BCUT2D eigenvalue weighted by molar-refractivity contribution is 7.47. The van der Waals surface area contributed by atoms with Crippen LogP contribution in [-0.4, -0.2) is 108 Å². The molecule has 59 heavy (non-hydrogen) atoms. The van der Waals surface area contributed by atoms with Crippen molar-refractivity contribution in [2.24, 2.45) is 0 Å². The first kappa shape index (κ1) is 55.8. The first-order valence-corrected chi connectivity index (χ1v) is 24.9. The number of rotatable bonds is 38. The first-order chi connectivity index (χ1) is 28.3. The van der Waals surface area contributed by atoms with Crippen molar-refractivity contribution >= 4 is 13.7 Å². The van der Waals surface area contributed by atoms with Crippen LogP contribution in [0, 0.1) is 0 Å². The highest BCUT2D eigenvalue weighted by Crippen LogP contribution is 2.47. The number of phosphoric ester groups is 1. The number of phosphoric acid groups is 1. The van der Waals surface area contributed by atoms with E-state index in [1.54, 1.807) is 6.08 Å². The minimum absolute atomic E-state index is 0.255. The number of allylic oxidation sites excluding steroid dienone is 3. The zero-order chi connectivity index (χ0) is 43.7. The fraction of sp³-hybridized carbons (Fsp3) is 0.889. The molecule has 0 radical (unpaired) electrons. The molecule has 13 nitrogen and oxygen atoms in total. The van der Waals surface area contributed by atoms with Crippen LogP contribution in [0.4, 0.5) is 0 Å². The maximum Gasteiger partial charge on any atom is 0.472 e. The van der Waals surface area contributed by atoms with Crippen LogP contribution in [0.15, 0.2) is 24.3 Å². The zero-order valence-electron chi connectivity index (χ0n) is 36.7. The Bertz CT molecular complexity index is 1110. The zero-order valence-corrected chi connectivity index (χ0v) is 37.6. The molecule has 1 aliphatic carbocycles. The van der Waals surface area contributed by atoms with Gasteiger partial charge in [-0.2, -0.15) is 0 Å². The van der Waals surface area contributed by atoms with Crippen LogP contribution < -0.4 is 5.32 Å². The standard InChI is InChI=1S/C45H86NO12P/c1-3-5-7-9-11-13-14-15-16-17-18-19-20-21-22-23-25-27-29-31-33-38(48)37(46-39(49)34-36(47)32-30-28-26-24-12-10-8-6-4-2)35-57-59(55,56)58-45-43(53)41(51)40(50)42(52)44(45)54/h10,12,31,33,36-38,40-45,47-48,50-54H,3-9,11,13-30,32,34-35H2,1-2H3,(H,46,49)(H,55,56)/b12-10-,33-31+. The topological polar surface area (TPSA) is 226 Å². The number of aliphatic hydroxyl groups excluding tert-OH is 7. The van der Waals surface area contributed by atoms with Gasteiger partial charge in [-0.1, -0.05) is 173 Å². The van der Waals surface area contributed by atoms with E-state index in [-0.39, 0.29) is 6.42 Å². The smallest absolute Gasteiger partial charge is 0.393 e. The fourth-order valence-electron chi connectivity index (χ4n) is 7.40. The van der Waals surface area contributed by atoms with E-state index in [9.17, 15) is 50.0 Å². The van der Waals surface area contributed by atoms with Crippen molar-refractivity contribution in [3.8, 4) is 0 Å². The normalized spacial score (nSPS) is 23.8. The quantitative estimate of drug-likeness (QED) is 0.0166. The number of unbranched alkanes of at least 4 members (excludes halogenated alkanes) is 23. The van der Waals surface area contributed by atoms with Crippen LogP contribution in [-0.2, 0) is 18.4 Å². The Kier molecular flexibility index (Phi) is 33.3. The van der Waals surface area contributed by atoms with E-state index in [0.717, 1.165) is 57.8 Å². The van der Waals surface area contributed by atoms with Crippen LogP contribution >= 0.6 is 7.82 Å². The van der Waals surface area contributed by atoms with E-state index >= 15 is 0 Å². The molecule has 8 atom stereocenters. The molecule has 0 bridgehead atoms. The number of nitrogens with one attached hydrogen (secondary N) is 1. The molecule has 0 aromatic rings. The Labute approximate surface area is 356 Å². The van der Waals surface area contributed by atoms with Gasteiger partial charge >= 0.3 is 7.82 Å². The van der Waals surface area contributed by atoms with Crippen molar-refractivity contribution in [1.29, 1.82) is 0 Å². The van der Waals surface area contributed by atoms with Gasteiger partial charge in [-0.3, -0.25) is 13.8 Å². The molecule has 348 valence electrons. The van der Waals surface area contributed by atoms with Crippen molar-refractivity contribution in [1.82, 2.24) is 5.32 Å². The third-order valence-corrected chi connectivity index (χ3v) is 12.3. The van der Waals surface area contributed by atoms with E-state index in [0.29, 0.717) is 12.8 Å². The van der Waals surface area contributed by atoms with Crippen LogP contribution in [0.5, 0.6) is 0 Å². The van der Waals surface area contributed by atoms with Gasteiger partial charge in [0.05, 0.1) is 31.3 Å². The SMILES string of the molecule is CCCC/C=C\CCCCCC(O)CC(=O)NC(COP(=O)(O)OC1C(O)C(O)C(O)C(O)C1O)C(O)/C=C/CCCCCCCCCCCCCCCCCCCC. The third-order valence-electron chi connectivity index (χ3n) is 11.3. The van der Waals surface area contributed by atoms with Gasteiger partial charge in [0.1, 0.15) is 36.6 Å². The van der Waals surface area contributed by atoms with Gasteiger partial charge < -0.3 is 46.0 Å². The van der Waals surface area contributed by atoms with Gasteiger partial charge in [0, 0.05) is 0 Å². The first-order valence-electron chi connectivity index (χ1n) is 23.4. The average molecular weight is 864 g/mol. The van der Waals surface area contributed by atoms with Crippen molar-refractivity contribution < 1.29 is 59.0 Å². The Morgan fingerprint density at radius 3 is 1.49 bits per heavy atom. The molecule has 14 heteroatoms. The monoisotopic (exact) mass is 864 g/mol. The molecule has 0 aromatic carbocycles. The lowest BCUT2D eigenvalue weighted by Crippen LogP contribution is -2.64. The summed E-state index contributed by atoms with van der Waals surface area (Å²) in [6.45, 7) is 3.68. The molecule has 0 aliphatic heterocycles. The Morgan fingerprint density at radius 1 is 0.593 bits per heavy atom. The number of aliphatic hydroxyl groups is 7. The van der Waals surface area contributed by atoms with Crippen molar-refractivity contribution in [3.05, 3.63) is 24.3 Å². The summed E-state index contributed by atoms with van der Waals surface area (Å²) >= 11 is 0. The number of amides is 1. The van der Waals surface area contributed by atoms with Gasteiger partial charge in [0.15, 0.2) is 0 Å². The summed E-state index contributed by atoms with van der Waals surface area (Å²) < 4.78 is 22.8. The third kappa shape index (κ3) is 27.5. The highest BCUT2D eigenvalue weighted by atomic mass is 31.2. The second-order valence-corrected chi connectivity index (χ2v) is 18.2. The van der Waals surface area contributed by atoms with E-state index in [1.165, 1.54) is 109 Å². The summed E-state index contributed by atoms with van der Waals surface area (Å²) in [7, 11) is -5.14. The summed E-state index contributed by atoms with van der Waals surface area (Å²) in [5, 5.41) is 74.3. The minimum atomic E-state index is -5.14. The molecule has 0 spiro atoms. The Balaban J connectivity index is 2.52. The van der Waals surface area contributed by atoms with Gasteiger partial charge in [-0.25, -0.2) is 4.57 Å². The Morgan fingerprint density at radius 2 is 1.00 bits per heavy atom. The van der Waals surface area contributed by atoms with Crippen molar-refractivity contribution in [2.75, 3.05) is 6.61 Å². The van der Waals surface area contributed by atoms with Gasteiger partial charge in [-0.05, 0) is 38.5 Å². The number of carbonyl (C=O) groups excluding carboxylic acids is 1. The van der Waals surface area contributed by atoms with E-state index in [1.807, 2.05) is 0 Å². The van der Waals surface area contributed by atoms with Crippen LogP contribution in [0.1, 0.15) is 194 Å². The second-order valence-electron chi connectivity index (χ2n) is 16.8. The van der Waals surface area contributed by atoms with Crippen molar-refractivity contribution in [2.45, 2.75) is 249 Å². The number of hydrogen-bond acceptors (Lipinski definition) is 11. The van der Waals surface area contributed by atoms with Gasteiger partial charge in [0.2, 0.25) is 5.91 Å². The Hall–Kier alpha value is -1.22. The maximum absolute atomic E-state index is 12.9. The largest absolute Gasteiger partial charge is 0.472 e. The molecule has 1 rings (SSSR count). The predicted molar refractivity (Wildman–Crippen MR) is 234 cm³/mol. The molecule has 1 fully saturated rings. The predicted octanol–water partition coefficient (Wildman–Crippen LogP) is 7.59. The lowest BCUT2D eigenvalue weighted by Gasteiger charge is -2.41. The van der Waals surface area contributed by atoms with Crippen LogP contribution in [0.3, 0.4) is 0 Å². The maximum atomic E-state index is 12.9. The van der Waals surface area contributed by atoms with Gasteiger partial charge in [-0.15, -0.1) is 0 Å². The van der Waals surface area contributed by atoms with Gasteiger partial charge in [0.25, 0.3) is 0 Å². The summed E-state index contributed by atoms with van der Waals surface area (Å²) in [5.41, 5.74) is 0. The highest BCUT2D eigenvalue weighted by Gasteiger charge is 2.51. The van der Waals surface area contributed by atoms with E-state index in [2.05, 4.69) is 31.3 Å². The second kappa shape index (κ2) is 35.3. The summed E-state index contributed by atoms with van der Waals surface area (Å²) in [6, 6.07) is -1.24. The van der Waals surface area contributed by atoms with Crippen molar-refractivity contribution in [3.63, 3.8) is 0 Å². The lowest BCUT2D eigenvalue weighted by atomic mass is 9.85. The van der Waals surface area contributed by atoms with Crippen LogP contribution in [0.25, 0.3) is 0 Å². The molecule has 1 aliphatic rings. The lowest BCUT2D eigenvalue weighted by molar-refractivity contribution is -0.220. The molecular weight excluding hydrogens is 777 g/mol. The number of carbonyl (C=O) groups is 1. The average Bonchev–Trinajstić information content (AvgIpc) is 3.21. The van der Waals surface area contributed by atoms with Crippen LogP contribution in [0.2, 0.25) is 0 Å². The molecule has 0 aromatic heterocycles. The molecule has 0 saturated heterocycles. The molecule has 1 amide bonds. The molecule has 0 heterocycles. The molecule has 9 N–H and O–H groups in total. The number of hydrogen-bond donors (Lipinski definition) is 9. The summed E-state index contributed by atoms with van der Waals surface area (Å²) in [6.07, 6.45) is 24.3. The summed E-state index contributed by atoms with van der Waals surface area (Å²) in [4.78, 5) is 23.4. The van der Waals surface area contributed by atoms with E-state index < -0.39 is 75.2 Å². The summed E-state index contributed by atoms with van der Waals surface area (Å²) in [5.74, 6) is -0.604. The van der Waals surface area contributed by atoms with E-state index in [4.69, 9.17) is 9.05 Å². The molecular formula is C45H86NO12P. The molecule has 1 saturated carbocycles. The fourth-order valence-corrected chi connectivity index (χ4v) is 8.36. The molecule has 8 unspecified atom stereocenters.